The molecule has 0 radical (unpaired) electrons. The van der Waals surface area contributed by atoms with Crippen LogP contribution in [0.5, 0.6) is 0 Å². The molecule has 5 rings (SSSR count). The van der Waals surface area contributed by atoms with Crippen molar-refractivity contribution in [1.82, 2.24) is 25.4 Å². The number of aromatic amines is 1. The number of hydrogen-bond acceptors (Lipinski definition) is 7. The molecule has 2 fully saturated rings. The average Bonchev–Trinajstić information content (AvgIpc) is 3.29. The Bertz CT molecular complexity index is 1250. The van der Waals surface area contributed by atoms with E-state index >= 15 is 0 Å². The molecule has 2 N–H and O–H groups in total. The highest BCUT2D eigenvalue weighted by Crippen LogP contribution is 2.31. The molecule has 0 saturated carbocycles. The van der Waals surface area contributed by atoms with E-state index in [0.717, 1.165) is 65.6 Å². The maximum Gasteiger partial charge on any atom is 0.310 e. The highest BCUT2D eigenvalue weighted by molar-refractivity contribution is 5.94. The lowest BCUT2D eigenvalue weighted by Gasteiger charge is -2.46. The summed E-state index contributed by atoms with van der Waals surface area (Å²) in [6, 6.07) is 11.1. The van der Waals surface area contributed by atoms with Gasteiger partial charge in [0, 0.05) is 48.9 Å². The number of carbonyl (C=O) groups excluding carboxylic acids is 1. The third-order valence-corrected chi connectivity index (χ3v) is 7.77. The normalized spacial score (nSPS) is 21.7. The summed E-state index contributed by atoms with van der Waals surface area (Å²) in [5, 5.41) is 12.3. The number of piperidine rings is 1. The number of nitrogens with one attached hydrogen (secondary N) is 2. The number of piperazine rings is 1. The SMILES string of the molecule is C[C@@H]1CN(c2cc(-c3n[nH]c4ccc(CC(=O)OC(C)(C)C)cc34)ccn2)C[C@H](C)N1CC1CCNCC1. The summed E-state index contributed by atoms with van der Waals surface area (Å²) < 4.78 is 5.52. The first kappa shape index (κ1) is 26.6. The van der Waals surface area contributed by atoms with E-state index in [-0.39, 0.29) is 12.4 Å². The Morgan fingerprint density at radius 3 is 2.53 bits per heavy atom. The molecule has 2 aliphatic heterocycles. The molecule has 3 aromatic rings. The average molecular weight is 519 g/mol. The Kier molecular flexibility index (Phi) is 7.73. The van der Waals surface area contributed by atoms with Crippen molar-refractivity contribution in [2.24, 2.45) is 5.92 Å². The van der Waals surface area contributed by atoms with Crippen molar-refractivity contribution < 1.29 is 9.53 Å². The van der Waals surface area contributed by atoms with E-state index < -0.39 is 5.60 Å². The zero-order chi connectivity index (χ0) is 26.9. The molecule has 2 atom stereocenters. The standard InChI is InChI=1S/C30H42N6O2/c1-20-17-35(18-21(2)36(20)19-22-8-11-31-12-9-22)27-16-24(10-13-32-27)29-25-14-23(6-7-26(25)33-34-29)15-28(37)38-30(3,4)5/h6-7,10,13-14,16,20-22,31H,8-9,11-12,15,17-19H2,1-5H3,(H,33,34)/t20-,21+. The number of esters is 1. The van der Waals surface area contributed by atoms with Crippen molar-refractivity contribution in [1.29, 1.82) is 0 Å². The van der Waals surface area contributed by atoms with Gasteiger partial charge >= 0.3 is 5.97 Å². The van der Waals surface area contributed by atoms with Crippen LogP contribution in [0.15, 0.2) is 36.5 Å². The van der Waals surface area contributed by atoms with Gasteiger partial charge in [-0.25, -0.2) is 4.98 Å². The fraction of sp³-hybridized carbons (Fsp3) is 0.567. The van der Waals surface area contributed by atoms with Crippen molar-refractivity contribution in [2.75, 3.05) is 37.6 Å². The Morgan fingerprint density at radius 1 is 1.08 bits per heavy atom. The predicted octanol–water partition coefficient (Wildman–Crippen LogP) is 4.41. The molecule has 2 aliphatic rings. The van der Waals surface area contributed by atoms with Gasteiger partial charge in [-0.15, -0.1) is 0 Å². The van der Waals surface area contributed by atoms with Crippen LogP contribution in [0.3, 0.4) is 0 Å². The first-order valence-electron chi connectivity index (χ1n) is 14.0. The quantitative estimate of drug-likeness (QED) is 0.468. The maximum atomic E-state index is 12.4. The molecular weight excluding hydrogens is 476 g/mol. The Hall–Kier alpha value is -2.97. The number of fused-ring (bicyclic) bond motifs is 1. The van der Waals surface area contributed by atoms with Crippen LogP contribution in [-0.4, -0.2) is 76.5 Å². The minimum atomic E-state index is -0.497. The number of carbonyl (C=O) groups is 1. The monoisotopic (exact) mass is 518 g/mol. The van der Waals surface area contributed by atoms with E-state index in [4.69, 9.17) is 9.72 Å². The molecule has 0 spiro atoms. The van der Waals surface area contributed by atoms with Gasteiger partial charge in [0.25, 0.3) is 0 Å². The van der Waals surface area contributed by atoms with Crippen molar-refractivity contribution in [3.8, 4) is 11.3 Å². The Balaban J connectivity index is 1.32. The molecular formula is C30H42N6O2. The van der Waals surface area contributed by atoms with Crippen molar-refractivity contribution in [3.05, 3.63) is 42.1 Å². The van der Waals surface area contributed by atoms with Crippen molar-refractivity contribution in [2.45, 2.75) is 71.6 Å². The van der Waals surface area contributed by atoms with Gasteiger partial charge in [0.15, 0.2) is 0 Å². The second-order valence-electron chi connectivity index (χ2n) is 12.1. The van der Waals surface area contributed by atoms with Crippen LogP contribution in [0.4, 0.5) is 5.82 Å². The lowest BCUT2D eigenvalue weighted by Crippen LogP contribution is -2.58. The van der Waals surface area contributed by atoms with Gasteiger partial charge in [0.2, 0.25) is 0 Å². The molecule has 0 unspecified atom stereocenters. The zero-order valence-corrected chi connectivity index (χ0v) is 23.5. The van der Waals surface area contributed by atoms with E-state index in [1.54, 1.807) is 0 Å². The summed E-state index contributed by atoms with van der Waals surface area (Å²) in [6.45, 7) is 15.8. The number of ether oxygens (including phenoxy) is 1. The third kappa shape index (κ3) is 6.18. The van der Waals surface area contributed by atoms with Crippen LogP contribution in [-0.2, 0) is 16.0 Å². The van der Waals surface area contributed by atoms with Gasteiger partial charge in [-0.05, 0) is 96.3 Å². The maximum absolute atomic E-state index is 12.4. The number of H-pyrrole nitrogens is 1. The second-order valence-corrected chi connectivity index (χ2v) is 12.1. The molecule has 2 aromatic heterocycles. The smallest absolute Gasteiger partial charge is 0.310 e. The summed E-state index contributed by atoms with van der Waals surface area (Å²) in [7, 11) is 0. The van der Waals surface area contributed by atoms with Crippen LogP contribution in [0.25, 0.3) is 22.2 Å². The van der Waals surface area contributed by atoms with Gasteiger partial charge in [0.05, 0.1) is 11.9 Å². The van der Waals surface area contributed by atoms with Crippen LogP contribution < -0.4 is 10.2 Å². The minimum absolute atomic E-state index is 0.226. The number of benzene rings is 1. The van der Waals surface area contributed by atoms with Gasteiger partial charge in [-0.1, -0.05) is 6.07 Å². The fourth-order valence-corrected chi connectivity index (χ4v) is 5.94. The number of anilines is 1. The summed E-state index contributed by atoms with van der Waals surface area (Å²) >= 11 is 0. The first-order valence-corrected chi connectivity index (χ1v) is 14.0. The molecule has 1 aromatic carbocycles. The summed E-state index contributed by atoms with van der Waals surface area (Å²) in [5.41, 5.74) is 3.26. The predicted molar refractivity (Wildman–Crippen MR) is 152 cm³/mol. The summed E-state index contributed by atoms with van der Waals surface area (Å²) in [6.07, 6.45) is 4.67. The molecule has 0 aliphatic carbocycles. The van der Waals surface area contributed by atoms with Crippen LogP contribution >= 0.6 is 0 Å². The molecule has 0 amide bonds. The van der Waals surface area contributed by atoms with Gasteiger partial charge in [-0.3, -0.25) is 14.8 Å². The van der Waals surface area contributed by atoms with Gasteiger partial charge in [-0.2, -0.15) is 5.10 Å². The minimum Gasteiger partial charge on any atom is -0.460 e. The molecule has 8 heteroatoms. The van der Waals surface area contributed by atoms with Crippen molar-refractivity contribution in [3.63, 3.8) is 0 Å². The zero-order valence-electron chi connectivity index (χ0n) is 23.5. The number of hydrogen-bond donors (Lipinski definition) is 2. The van der Waals surface area contributed by atoms with E-state index in [9.17, 15) is 4.79 Å². The number of aromatic nitrogens is 3. The largest absolute Gasteiger partial charge is 0.460 e. The van der Waals surface area contributed by atoms with E-state index in [0.29, 0.717) is 12.1 Å². The van der Waals surface area contributed by atoms with E-state index in [1.807, 2.05) is 51.2 Å². The number of pyridine rings is 1. The van der Waals surface area contributed by atoms with E-state index in [1.165, 1.54) is 19.4 Å². The van der Waals surface area contributed by atoms with Crippen LogP contribution in [0.1, 0.15) is 53.0 Å². The van der Waals surface area contributed by atoms with Crippen LogP contribution in [0, 0.1) is 5.92 Å². The lowest BCUT2D eigenvalue weighted by atomic mass is 9.95. The third-order valence-electron chi connectivity index (χ3n) is 7.77. The topological polar surface area (TPSA) is 86.4 Å². The Morgan fingerprint density at radius 2 is 1.82 bits per heavy atom. The highest BCUT2D eigenvalue weighted by Gasteiger charge is 2.32. The van der Waals surface area contributed by atoms with Gasteiger partial charge in [0.1, 0.15) is 17.1 Å². The molecule has 38 heavy (non-hydrogen) atoms. The first-order chi connectivity index (χ1) is 18.2. The van der Waals surface area contributed by atoms with Crippen LogP contribution in [0.2, 0.25) is 0 Å². The lowest BCUT2D eigenvalue weighted by molar-refractivity contribution is -0.153. The van der Waals surface area contributed by atoms with Crippen molar-refractivity contribution >= 4 is 22.7 Å². The molecule has 204 valence electrons. The van der Waals surface area contributed by atoms with Gasteiger partial charge < -0.3 is 15.0 Å². The fourth-order valence-electron chi connectivity index (χ4n) is 5.94. The molecule has 0 bridgehead atoms. The number of rotatable bonds is 6. The second kappa shape index (κ2) is 11.0. The summed E-state index contributed by atoms with van der Waals surface area (Å²) in [5.74, 6) is 1.56. The molecule has 4 heterocycles. The Labute approximate surface area is 226 Å². The summed E-state index contributed by atoms with van der Waals surface area (Å²) in [4.78, 5) is 22.3. The highest BCUT2D eigenvalue weighted by atomic mass is 16.6. The van der Waals surface area contributed by atoms with E-state index in [2.05, 4.69) is 45.2 Å². The number of nitrogens with zero attached hydrogens (tertiary/aromatic N) is 4. The molecule has 2 saturated heterocycles. The molecule has 8 nitrogen and oxygen atoms in total.